The molecule has 0 unspecified atom stereocenters. The van der Waals surface area contributed by atoms with E-state index in [1.165, 1.54) is 141 Å². The SMILES string of the molecule is [CH2]CCCCCCCCCCCCCCCCCCCCCCC[CH2][Ge]([CH3])([CH3])[CH3]. The molecule has 0 aliphatic rings. The first-order valence-corrected chi connectivity index (χ1v) is 21.6. The molecule has 0 spiro atoms. The second kappa shape index (κ2) is 23.2. The fraction of sp³-hybridized carbons (Fsp3) is 0.964. The van der Waals surface area contributed by atoms with Gasteiger partial charge in [0.05, 0.1) is 0 Å². The van der Waals surface area contributed by atoms with Gasteiger partial charge in [0.1, 0.15) is 0 Å². The van der Waals surface area contributed by atoms with Crippen LogP contribution >= 0.6 is 0 Å². The molecule has 0 saturated carbocycles. The van der Waals surface area contributed by atoms with Crippen molar-refractivity contribution in [3.8, 4) is 0 Å². The Hall–Kier alpha value is 0.543. The molecule has 0 nitrogen and oxygen atoms in total. The fourth-order valence-corrected chi connectivity index (χ4v) is 7.12. The zero-order chi connectivity index (χ0) is 21.5. The van der Waals surface area contributed by atoms with Crippen molar-refractivity contribution < 1.29 is 0 Å². The predicted molar refractivity (Wildman–Crippen MR) is 140 cm³/mol. The van der Waals surface area contributed by atoms with Crippen LogP contribution in [0.5, 0.6) is 0 Å². The van der Waals surface area contributed by atoms with Gasteiger partial charge in [0.2, 0.25) is 0 Å². The molecule has 0 saturated heterocycles. The molecule has 0 N–H and O–H groups in total. The third-order valence-corrected chi connectivity index (χ3v) is 10.3. The van der Waals surface area contributed by atoms with Gasteiger partial charge in [-0.1, -0.05) is 84.0 Å². The molecular formula is C28H59Ge. The van der Waals surface area contributed by atoms with E-state index < -0.39 is 13.3 Å². The maximum absolute atomic E-state index is 3.92. The normalized spacial score (nSPS) is 12.0. The van der Waals surface area contributed by atoms with Crippen molar-refractivity contribution in [3.63, 3.8) is 0 Å². The Morgan fingerprint density at radius 2 is 0.552 bits per heavy atom. The third-order valence-electron chi connectivity index (χ3n) is 6.43. The second-order valence-corrected chi connectivity index (χ2v) is 22.7. The Balaban J connectivity index is 3.02. The molecule has 0 aliphatic heterocycles. The Bertz CT molecular complexity index is 291. The first-order chi connectivity index (χ1) is 14.1. The molecular weight excluding hydrogens is 409 g/mol. The summed E-state index contributed by atoms with van der Waals surface area (Å²) in [5, 5.41) is 1.58. The molecule has 0 fully saturated rings. The van der Waals surface area contributed by atoms with E-state index in [0.717, 1.165) is 6.42 Å². The van der Waals surface area contributed by atoms with E-state index in [-0.39, 0.29) is 0 Å². The molecule has 0 heterocycles. The van der Waals surface area contributed by atoms with Gasteiger partial charge in [-0.15, -0.1) is 0 Å². The average molecular weight is 468 g/mol. The van der Waals surface area contributed by atoms with Crippen LogP contribution in [0.1, 0.15) is 148 Å². The maximum atomic E-state index is 3.92. The number of hydrogen-bond acceptors (Lipinski definition) is 0. The molecule has 0 aromatic heterocycles. The zero-order valence-corrected chi connectivity index (χ0v) is 23.3. The summed E-state index contributed by atoms with van der Waals surface area (Å²) in [5.74, 6) is 7.66. The molecule has 29 heavy (non-hydrogen) atoms. The van der Waals surface area contributed by atoms with E-state index in [0.29, 0.717) is 0 Å². The summed E-state index contributed by atoms with van der Waals surface area (Å²) in [6.45, 7) is 3.92. The minimum absolute atomic E-state index is 1.12. The molecule has 0 amide bonds. The summed E-state index contributed by atoms with van der Waals surface area (Å²) < 4.78 is 0. The number of unbranched alkanes of at least 4 members (excludes halogenated alkanes) is 22. The summed E-state index contributed by atoms with van der Waals surface area (Å²) in [6, 6.07) is 0. The van der Waals surface area contributed by atoms with Crippen molar-refractivity contribution >= 4 is 13.3 Å². The van der Waals surface area contributed by atoms with Crippen molar-refractivity contribution in [2.24, 2.45) is 0 Å². The molecule has 0 aromatic rings. The molecule has 0 aromatic carbocycles. The van der Waals surface area contributed by atoms with E-state index in [1.54, 1.807) is 5.25 Å². The van der Waals surface area contributed by atoms with E-state index >= 15 is 0 Å². The van der Waals surface area contributed by atoms with Crippen molar-refractivity contribution in [2.45, 2.75) is 170 Å². The molecule has 0 rings (SSSR count). The van der Waals surface area contributed by atoms with E-state index in [4.69, 9.17) is 0 Å². The molecule has 175 valence electrons. The molecule has 0 aliphatic carbocycles. The number of rotatable bonds is 24. The Labute approximate surface area is 190 Å². The van der Waals surface area contributed by atoms with Gasteiger partial charge < -0.3 is 0 Å². The molecule has 1 radical (unpaired) electrons. The minimum atomic E-state index is -1.23. The zero-order valence-electron chi connectivity index (χ0n) is 21.2. The first kappa shape index (κ1) is 29.5. The van der Waals surface area contributed by atoms with Crippen molar-refractivity contribution in [3.05, 3.63) is 6.92 Å². The van der Waals surface area contributed by atoms with Crippen molar-refractivity contribution in [1.29, 1.82) is 0 Å². The third kappa shape index (κ3) is 28.5. The standard InChI is InChI=1S/C28H59Ge/c1-5-6-7-8-9-10-11-12-13-14-15-16-17-18-19-20-21-22-23-24-25-26-27-28-29(2,3)4/h1,5-28H2,2-4H3. The van der Waals surface area contributed by atoms with Crippen LogP contribution in [-0.2, 0) is 0 Å². The van der Waals surface area contributed by atoms with Gasteiger partial charge in [-0.05, 0) is 0 Å². The van der Waals surface area contributed by atoms with E-state index in [1.807, 2.05) is 0 Å². The van der Waals surface area contributed by atoms with Crippen LogP contribution in [0.2, 0.25) is 22.5 Å². The van der Waals surface area contributed by atoms with Gasteiger partial charge >= 0.3 is 106 Å². The molecule has 0 bridgehead atoms. The monoisotopic (exact) mass is 469 g/mol. The van der Waals surface area contributed by atoms with E-state index in [2.05, 4.69) is 24.2 Å². The van der Waals surface area contributed by atoms with Crippen molar-refractivity contribution in [1.82, 2.24) is 0 Å². The quantitative estimate of drug-likeness (QED) is 0.0976. The van der Waals surface area contributed by atoms with Crippen LogP contribution < -0.4 is 0 Å². The summed E-state index contributed by atoms with van der Waals surface area (Å²) in [6.07, 6.45) is 33.6. The molecule has 1 heteroatoms. The average Bonchev–Trinajstić information content (AvgIpc) is 2.67. The topological polar surface area (TPSA) is 0 Å². The van der Waals surface area contributed by atoms with Crippen LogP contribution in [0.15, 0.2) is 0 Å². The summed E-state index contributed by atoms with van der Waals surface area (Å²) in [7, 11) is 0. The van der Waals surface area contributed by atoms with Crippen LogP contribution in [0.4, 0.5) is 0 Å². The Morgan fingerprint density at radius 3 is 0.759 bits per heavy atom. The van der Waals surface area contributed by atoms with Gasteiger partial charge in [-0.3, -0.25) is 0 Å². The van der Waals surface area contributed by atoms with Crippen LogP contribution in [0.25, 0.3) is 0 Å². The summed E-state index contributed by atoms with van der Waals surface area (Å²) in [5.41, 5.74) is 0. The van der Waals surface area contributed by atoms with Gasteiger partial charge in [0, 0.05) is 0 Å². The second-order valence-electron chi connectivity index (χ2n) is 10.9. The van der Waals surface area contributed by atoms with Gasteiger partial charge in [0.15, 0.2) is 0 Å². The predicted octanol–water partition coefficient (Wildman–Crippen LogP) is 11.1. The van der Waals surface area contributed by atoms with Crippen LogP contribution in [-0.4, -0.2) is 13.3 Å². The Morgan fingerprint density at radius 1 is 0.345 bits per heavy atom. The van der Waals surface area contributed by atoms with Crippen molar-refractivity contribution in [2.75, 3.05) is 0 Å². The molecule has 0 atom stereocenters. The summed E-state index contributed by atoms with van der Waals surface area (Å²) in [4.78, 5) is 0. The van der Waals surface area contributed by atoms with E-state index in [9.17, 15) is 0 Å². The van der Waals surface area contributed by atoms with Gasteiger partial charge in [-0.2, -0.15) is 0 Å². The van der Waals surface area contributed by atoms with Crippen LogP contribution in [0, 0.1) is 6.92 Å². The first-order valence-electron chi connectivity index (χ1n) is 13.9. The van der Waals surface area contributed by atoms with Crippen LogP contribution in [0.3, 0.4) is 0 Å². The Kier molecular flexibility index (Phi) is 23.6. The number of hydrogen-bond donors (Lipinski definition) is 0. The fourth-order valence-electron chi connectivity index (χ4n) is 4.37. The summed E-state index contributed by atoms with van der Waals surface area (Å²) >= 11 is -1.23. The van der Waals surface area contributed by atoms with Gasteiger partial charge in [0.25, 0.3) is 0 Å². The van der Waals surface area contributed by atoms with Gasteiger partial charge in [-0.25, -0.2) is 0 Å².